The average Bonchev–Trinajstić information content (AvgIpc) is 3.28. The molecule has 2 amide bonds. The molecule has 1 unspecified atom stereocenters. The van der Waals surface area contributed by atoms with Gasteiger partial charge in [-0.1, -0.05) is 47.6 Å². The van der Waals surface area contributed by atoms with E-state index in [-0.39, 0.29) is 12.5 Å². The van der Waals surface area contributed by atoms with Gasteiger partial charge >= 0.3 is 6.09 Å². The minimum Gasteiger partial charge on any atom is -0.443 e. The molecular formula is C20H18ClN3O3S3. The smallest absolute Gasteiger partial charge is 0.426 e. The normalized spacial score (nSPS) is 18.7. The Morgan fingerprint density at radius 3 is 2.83 bits per heavy atom. The van der Waals surface area contributed by atoms with Crippen LogP contribution >= 0.6 is 46.5 Å². The number of halogens is 1. The fourth-order valence-corrected chi connectivity index (χ4v) is 6.40. The number of amides is 2. The van der Waals surface area contributed by atoms with Crippen LogP contribution in [0.2, 0.25) is 5.02 Å². The molecule has 0 bridgehead atoms. The molecule has 1 fully saturated rings. The van der Waals surface area contributed by atoms with Crippen LogP contribution in [0.25, 0.3) is 10.2 Å². The van der Waals surface area contributed by atoms with E-state index in [1.807, 2.05) is 31.2 Å². The highest BCUT2D eigenvalue weighted by Crippen LogP contribution is 2.40. The van der Waals surface area contributed by atoms with Gasteiger partial charge in [-0.25, -0.2) is 20.2 Å². The summed E-state index contributed by atoms with van der Waals surface area (Å²) in [5.41, 5.74) is 4.38. The van der Waals surface area contributed by atoms with Gasteiger partial charge in [0.15, 0.2) is 4.34 Å². The molecule has 1 atom stereocenters. The molecular weight excluding hydrogens is 462 g/mol. The van der Waals surface area contributed by atoms with Crippen LogP contribution < -0.4 is 5.43 Å². The highest BCUT2D eigenvalue weighted by Gasteiger charge is 2.44. The van der Waals surface area contributed by atoms with E-state index < -0.39 is 11.0 Å². The first-order valence-corrected chi connectivity index (χ1v) is 12.2. The number of hydrogen-bond acceptors (Lipinski definition) is 7. The summed E-state index contributed by atoms with van der Waals surface area (Å²) in [7, 11) is 0. The molecule has 1 aliphatic heterocycles. The number of thiazole rings is 1. The molecule has 0 saturated carbocycles. The number of carbonyl (C=O) groups is 2. The number of nitrogens with one attached hydrogen (secondary N) is 1. The molecule has 156 valence electrons. The highest BCUT2D eigenvalue weighted by molar-refractivity contribution is 8.05. The van der Waals surface area contributed by atoms with Crippen molar-refractivity contribution in [1.82, 2.24) is 15.4 Å². The second kappa shape index (κ2) is 9.05. The average molecular weight is 480 g/mol. The second-order valence-corrected chi connectivity index (χ2v) is 10.9. The molecule has 10 heteroatoms. The maximum atomic E-state index is 12.4. The molecule has 1 aliphatic rings. The molecule has 3 aromatic rings. The van der Waals surface area contributed by atoms with E-state index >= 15 is 0 Å². The zero-order chi connectivity index (χ0) is 21.1. The predicted molar refractivity (Wildman–Crippen MR) is 123 cm³/mol. The number of carbonyl (C=O) groups excluding carboxylic acids is 2. The van der Waals surface area contributed by atoms with Crippen LogP contribution in [0.5, 0.6) is 0 Å². The van der Waals surface area contributed by atoms with Crippen molar-refractivity contribution in [3.05, 3.63) is 59.1 Å². The lowest BCUT2D eigenvalue weighted by molar-refractivity contribution is -0.132. The Morgan fingerprint density at radius 2 is 2.07 bits per heavy atom. The molecule has 0 radical (unpaired) electrons. The number of fused-ring (bicyclic) bond motifs is 1. The number of ether oxygens (including phenoxy) is 1. The Hall–Kier alpha value is -1.94. The lowest BCUT2D eigenvalue weighted by Crippen LogP contribution is -2.54. The topological polar surface area (TPSA) is 71.5 Å². The standard InChI is InChI=1S/C20H18ClN3O3S3/c1-20(12-28-19-22-15-4-2-3-5-16(15)30-19)24(17(25)11-29-20)23-18(26)27-10-13-6-8-14(21)9-7-13/h2-9H,10-12H2,1H3,(H,23,26). The van der Waals surface area contributed by atoms with Crippen LogP contribution in [-0.2, 0) is 16.1 Å². The Kier molecular flexibility index (Phi) is 6.43. The predicted octanol–water partition coefficient (Wildman–Crippen LogP) is 5.17. The van der Waals surface area contributed by atoms with Crippen LogP contribution in [0.4, 0.5) is 4.79 Å². The van der Waals surface area contributed by atoms with Crippen molar-refractivity contribution < 1.29 is 14.3 Å². The van der Waals surface area contributed by atoms with Gasteiger partial charge in [0, 0.05) is 10.8 Å². The van der Waals surface area contributed by atoms with Crippen LogP contribution in [0.3, 0.4) is 0 Å². The summed E-state index contributed by atoms with van der Waals surface area (Å²) >= 11 is 10.5. The van der Waals surface area contributed by atoms with Crippen molar-refractivity contribution in [1.29, 1.82) is 0 Å². The van der Waals surface area contributed by atoms with Crippen molar-refractivity contribution in [2.75, 3.05) is 11.5 Å². The van der Waals surface area contributed by atoms with Crippen LogP contribution in [0, 0.1) is 0 Å². The molecule has 1 aromatic heterocycles. The monoisotopic (exact) mass is 479 g/mol. The number of aromatic nitrogens is 1. The Bertz CT molecular complexity index is 1040. The van der Waals surface area contributed by atoms with E-state index in [0.29, 0.717) is 16.5 Å². The number of hydrazine groups is 1. The first-order chi connectivity index (χ1) is 14.4. The number of para-hydroxylation sites is 1. The van der Waals surface area contributed by atoms with Crippen molar-refractivity contribution in [2.45, 2.75) is 22.7 Å². The van der Waals surface area contributed by atoms with E-state index in [1.165, 1.54) is 16.8 Å². The zero-order valence-corrected chi connectivity index (χ0v) is 19.2. The molecule has 0 aliphatic carbocycles. The third-order valence-corrected chi connectivity index (χ3v) is 8.71. The van der Waals surface area contributed by atoms with Gasteiger partial charge in [0.1, 0.15) is 11.5 Å². The summed E-state index contributed by atoms with van der Waals surface area (Å²) in [5, 5.41) is 1.99. The summed E-state index contributed by atoms with van der Waals surface area (Å²) in [6, 6.07) is 15.0. The van der Waals surface area contributed by atoms with Gasteiger partial charge in [0.25, 0.3) is 5.91 Å². The summed E-state index contributed by atoms with van der Waals surface area (Å²) in [5.74, 6) is 0.727. The number of hydrogen-bond donors (Lipinski definition) is 1. The molecule has 30 heavy (non-hydrogen) atoms. The third kappa shape index (κ3) is 4.85. The minimum atomic E-state index is -0.669. The third-order valence-electron chi connectivity index (χ3n) is 4.45. The fourth-order valence-electron chi connectivity index (χ4n) is 2.86. The number of rotatable bonds is 6. The molecule has 2 aromatic carbocycles. The molecule has 0 spiro atoms. The zero-order valence-electron chi connectivity index (χ0n) is 16.0. The molecule has 1 N–H and O–H groups in total. The van der Waals surface area contributed by atoms with Crippen molar-refractivity contribution in [3.8, 4) is 0 Å². The van der Waals surface area contributed by atoms with E-state index in [0.717, 1.165) is 20.1 Å². The van der Waals surface area contributed by atoms with Gasteiger partial charge < -0.3 is 4.74 Å². The summed E-state index contributed by atoms with van der Waals surface area (Å²) in [4.78, 5) is 28.7. The van der Waals surface area contributed by atoms with E-state index in [2.05, 4.69) is 10.4 Å². The molecule has 1 saturated heterocycles. The van der Waals surface area contributed by atoms with Gasteiger partial charge in [-0.15, -0.1) is 23.1 Å². The van der Waals surface area contributed by atoms with Crippen molar-refractivity contribution >= 4 is 68.7 Å². The van der Waals surface area contributed by atoms with Gasteiger partial charge in [0.05, 0.1) is 16.0 Å². The van der Waals surface area contributed by atoms with Gasteiger partial charge in [0.2, 0.25) is 0 Å². The van der Waals surface area contributed by atoms with E-state index in [4.69, 9.17) is 16.3 Å². The Labute approximate surface area is 191 Å². The maximum absolute atomic E-state index is 12.4. The van der Waals surface area contributed by atoms with Gasteiger partial charge in [-0.3, -0.25) is 4.79 Å². The highest BCUT2D eigenvalue weighted by atomic mass is 35.5. The first kappa shape index (κ1) is 21.3. The maximum Gasteiger partial charge on any atom is 0.426 e. The SMILES string of the molecule is CC1(CSc2nc3ccccc3s2)SCC(=O)N1NC(=O)OCc1ccc(Cl)cc1. The van der Waals surface area contributed by atoms with Crippen molar-refractivity contribution in [2.24, 2.45) is 0 Å². The summed E-state index contributed by atoms with van der Waals surface area (Å²) in [6.07, 6.45) is -0.669. The van der Waals surface area contributed by atoms with E-state index in [1.54, 1.807) is 47.4 Å². The molecule has 6 nitrogen and oxygen atoms in total. The fraction of sp³-hybridized carbons (Fsp3) is 0.250. The lowest BCUT2D eigenvalue weighted by atomic mass is 10.2. The quantitative estimate of drug-likeness (QED) is 0.491. The lowest BCUT2D eigenvalue weighted by Gasteiger charge is -2.33. The minimum absolute atomic E-state index is 0.0926. The van der Waals surface area contributed by atoms with Crippen molar-refractivity contribution in [3.63, 3.8) is 0 Å². The van der Waals surface area contributed by atoms with Gasteiger partial charge in [-0.2, -0.15) is 0 Å². The molecule has 4 rings (SSSR count). The molecule has 2 heterocycles. The van der Waals surface area contributed by atoms with Crippen LogP contribution in [0.1, 0.15) is 12.5 Å². The summed E-state index contributed by atoms with van der Waals surface area (Å²) in [6.45, 7) is 2.03. The Balaban J connectivity index is 1.36. The Morgan fingerprint density at radius 1 is 1.30 bits per heavy atom. The van der Waals surface area contributed by atoms with Crippen LogP contribution in [-0.4, -0.2) is 38.4 Å². The number of nitrogens with zero attached hydrogens (tertiary/aromatic N) is 2. The summed E-state index contributed by atoms with van der Waals surface area (Å²) < 4.78 is 7.32. The number of benzene rings is 2. The van der Waals surface area contributed by atoms with Crippen LogP contribution in [0.15, 0.2) is 52.9 Å². The first-order valence-electron chi connectivity index (χ1n) is 9.06. The van der Waals surface area contributed by atoms with E-state index in [9.17, 15) is 9.59 Å². The van der Waals surface area contributed by atoms with Gasteiger partial charge in [-0.05, 0) is 36.8 Å². The second-order valence-electron chi connectivity index (χ2n) is 6.74. The number of thioether (sulfide) groups is 2. The largest absolute Gasteiger partial charge is 0.443 e.